The van der Waals surface area contributed by atoms with E-state index >= 15 is 0 Å². The molecular formula is C15H17ClN2O2. The highest BCUT2D eigenvalue weighted by molar-refractivity contribution is 6.32. The zero-order chi connectivity index (χ0) is 14.4. The Labute approximate surface area is 123 Å². The first-order valence-electron chi connectivity index (χ1n) is 6.34. The van der Waals surface area contributed by atoms with Crippen molar-refractivity contribution in [1.29, 1.82) is 0 Å². The number of ether oxygens (including phenoxy) is 2. The first-order chi connectivity index (χ1) is 9.72. The molecule has 1 aromatic heterocycles. The van der Waals surface area contributed by atoms with Gasteiger partial charge in [-0.25, -0.2) is 4.98 Å². The van der Waals surface area contributed by atoms with Gasteiger partial charge in [0.2, 0.25) is 5.88 Å². The molecule has 20 heavy (non-hydrogen) atoms. The highest BCUT2D eigenvalue weighted by Crippen LogP contribution is 2.26. The lowest BCUT2D eigenvalue weighted by Gasteiger charge is -2.09. The summed E-state index contributed by atoms with van der Waals surface area (Å²) in [7, 11) is 1.58. The smallest absolute Gasteiger partial charge is 0.213 e. The molecule has 0 aliphatic heterocycles. The van der Waals surface area contributed by atoms with Crippen molar-refractivity contribution in [2.24, 2.45) is 5.73 Å². The molecule has 0 unspecified atom stereocenters. The third-order valence-corrected chi connectivity index (χ3v) is 3.09. The number of aromatic nitrogens is 1. The minimum atomic E-state index is 0.340. The van der Waals surface area contributed by atoms with E-state index in [1.165, 1.54) is 0 Å². The van der Waals surface area contributed by atoms with Crippen molar-refractivity contribution in [1.82, 2.24) is 4.98 Å². The average Bonchev–Trinajstić information content (AvgIpc) is 2.47. The van der Waals surface area contributed by atoms with Crippen molar-refractivity contribution in [3.63, 3.8) is 0 Å². The van der Waals surface area contributed by atoms with Gasteiger partial charge in [-0.1, -0.05) is 23.7 Å². The van der Waals surface area contributed by atoms with Crippen molar-refractivity contribution >= 4 is 11.6 Å². The zero-order valence-electron chi connectivity index (χ0n) is 11.3. The van der Waals surface area contributed by atoms with Gasteiger partial charge in [0.15, 0.2) is 0 Å². The van der Waals surface area contributed by atoms with Crippen LogP contribution in [0.25, 0.3) is 0 Å². The van der Waals surface area contributed by atoms with E-state index in [-0.39, 0.29) is 0 Å². The Morgan fingerprint density at radius 2 is 2.10 bits per heavy atom. The van der Waals surface area contributed by atoms with E-state index in [0.717, 1.165) is 17.7 Å². The Bertz CT molecular complexity index is 576. The van der Waals surface area contributed by atoms with E-state index in [1.807, 2.05) is 30.3 Å². The Morgan fingerprint density at radius 3 is 2.80 bits per heavy atom. The molecule has 0 radical (unpaired) electrons. The molecule has 0 bridgehead atoms. The molecule has 106 valence electrons. The zero-order valence-corrected chi connectivity index (χ0v) is 12.1. The van der Waals surface area contributed by atoms with E-state index in [0.29, 0.717) is 29.8 Å². The molecule has 0 aliphatic rings. The standard InChI is InChI=1S/C15H17ClN2O2/c1-19-15-4-2-3-12(18-15)10-20-14-6-5-11(7-8-17)9-13(14)16/h2-6,9H,7-8,10,17H2,1H3. The van der Waals surface area contributed by atoms with Gasteiger partial charge >= 0.3 is 0 Å². The maximum Gasteiger partial charge on any atom is 0.213 e. The summed E-state index contributed by atoms with van der Waals surface area (Å²) in [5.74, 6) is 1.20. The van der Waals surface area contributed by atoms with E-state index in [4.69, 9.17) is 26.8 Å². The third-order valence-electron chi connectivity index (χ3n) is 2.80. The number of hydrogen-bond acceptors (Lipinski definition) is 4. The van der Waals surface area contributed by atoms with Gasteiger partial charge in [0.25, 0.3) is 0 Å². The highest BCUT2D eigenvalue weighted by Gasteiger charge is 2.05. The van der Waals surface area contributed by atoms with Crippen molar-refractivity contribution < 1.29 is 9.47 Å². The fourth-order valence-corrected chi connectivity index (χ4v) is 2.04. The molecular weight excluding hydrogens is 276 g/mol. The van der Waals surface area contributed by atoms with Gasteiger partial charge in [-0.2, -0.15) is 0 Å². The Kier molecular flexibility index (Phi) is 5.21. The molecule has 2 aromatic rings. The maximum absolute atomic E-state index is 6.18. The topological polar surface area (TPSA) is 57.4 Å². The van der Waals surface area contributed by atoms with Crippen molar-refractivity contribution in [3.8, 4) is 11.6 Å². The monoisotopic (exact) mass is 292 g/mol. The minimum Gasteiger partial charge on any atom is -0.486 e. The van der Waals surface area contributed by atoms with Gasteiger partial charge in [0, 0.05) is 6.07 Å². The molecule has 0 spiro atoms. The van der Waals surface area contributed by atoms with E-state index in [1.54, 1.807) is 13.2 Å². The second-order valence-corrected chi connectivity index (χ2v) is 4.67. The largest absolute Gasteiger partial charge is 0.486 e. The third kappa shape index (κ3) is 3.85. The highest BCUT2D eigenvalue weighted by atomic mass is 35.5. The Hall–Kier alpha value is -1.78. The lowest BCUT2D eigenvalue weighted by molar-refractivity contribution is 0.298. The van der Waals surface area contributed by atoms with Crippen LogP contribution in [0.3, 0.4) is 0 Å². The summed E-state index contributed by atoms with van der Waals surface area (Å²) >= 11 is 6.18. The Balaban J connectivity index is 2.03. The molecule has 1 heterocycles. The summed E-state index contributed by atoms with van der Waals surface area (Å²) in [6, 6.07) is 11.2. The average molecular weight is 293 g/mol. The lowest BCUT2D eigenvalue weighted by atomic mass is 10.1. The summed E-state index contributed by atoms with van der Waals surface area (Å²) in [4.78, 5) is 4.28. The molecule has 0 fully saturated rings. The van der Waals surface area contributed by atoms with Gasteiger partial charge in [0.1, 0.15) is 12.4 Å². The molecule has 0 amide bonds. The summed E-state index contributed by atoms with van der Waals surface area (Å²) < 4.78 is 10.7. The van der Waals surface area contributed by atoms with Crippen LogP contribution in [0.2, 0.25) is 5.02 Å². The molecule has 0 atom stereocenters. The molecule has 1 aromatic carbocycles. The van der Waals surface area contributed by atoms with Gasteiger partial charge in [-0.05, 0) is 36.7 Å². The fourth-order valence-electron chi connectivity index (χ4n) is 1.79. The van der Waals surface area contributed by atoms with Crippen LogP contribution in [0.15, 0.2) is 36.4 Å². The SMILES string of the molecule is COc1cccc(COc2ccc(CCN)cc2Cl)n1. The van der Waals surface area contributed by atoms with Crippen molar-refractivity contribution in [2.45, 2.75) is 13.0 Å². The van der Waals surface area contributed by atoms with Crippen LogP contribution >= 0.6 is 11.6 Å². The predicted molar refractivity (Wildman–Crippen MR) is 79.3 cm³/mol. The number of pyridine rings is 1. The lowest BCUT2D eigenvalue weighted by Crippen LogP contribution is -2.03. The summed E-state index contributed by atoms with van der Waals surface area (Å²) in [6.07, 6.45) is 0.803. The molecule has 2 N–H and O–H groups in total. The van der Waals surface area contributed by atoms with Crippen LogP contribution in [0, 0.1) is 0 Å². The van der Waals surface area contributed by atoms with Crippen LogP contribution in [0.1, 0.15) is 11.3 Å². The van der Waals surface area contributed by atoms with Gasteiger partial charge in [-0.3, -0.25) is 0 Å². The first-order valence-corrected chi connectivity index (χ1v) is 6.72. The molecule has 5 heteroatoms. The fraction of sp³-hybridized carbons (Fsp3) is 0.267. The van der Waals surface area contributed by atoms with Crippen LogP contribution in [0.5, 0.6) is 11.6 Å². The summed E-state index contributed by atoms with van der Waals surface area (Å²) in [6.45, 7) is 0.942. The number of nitrogens with two attached hydrogens (primary N) is 1. The van der Waals surface area contributed by atoms with Crippen LogP contribution in [0.4, 0.5) is 0 Å². The van der Waals surface area contributed by atoms with Gasteiger partial charge in [0.05, 0.1) is 17.8 Å². The van der Waals surface area contributed by atoms with E-state index in [2.05, 4.69) is 4.98 Å². The van der Waals surface area contributed by atoms with Crippen LogP contribution < -0.4 is 15.2 Å². The number of nitrogens with zero attached hydrogens (tertiary/aromatic N) is 1. The maximum atomic E-state index is 6.18. The second-order valence-electron chi connectivity index (χ2n) is 4.26. The van der Waals surface area contributed by atoms with E-state index < -0.39 is 0 Å². The minimum absolute atomic E-state index is 0.340. The number of rotatable bonds is 6. The normalized spacial score (nSPS) is 10.3. The number of halogens is 1. The van der Waals surface area contributed by atoms with Crippen molar-refractivity contribution in [2.75, 3.05) is 13.7 Å². The molecule has 0 saturated heterocycles. The molecule has 4 nitrogen and oxygen atoms in total. The molecule has 2 rings (SSSR count). The van der Waals surface area contributed by atoms with Crippen LogP contribution in [-0.2, 0) is 13.0 Å². The molecule has 0 aliphatic carbocycles. The number of hydrogen-bond donors (Lipinski definition) is 1. The summed E-state index contributed by atoms with van der Waals surface area (Å²) in [5.41, 5.74) is 7.40. The first kappa shape index (κ1) is 14.6. The second kappa shape index (κ2) is 7.12. The predicted octanol–water partition coefficient (Wildman–Crippen LogP) is 2.82. The van der Waals surface area contributed by atoms with Gasteiger partial charge < -0.3 is 15.2 Å². The summed E-state index contributed by atoms with van der Waals surface area (Å²) in [5, 5.41) is 0.582. The van der Waals surface area contributed by atoms with Crippen molar-refractivity contribution in [3.05, 3.63) is 52.7 Å². The number of methoxy groups -OCH3 is 1. The Morgan fingerprint density at radius 1 is 1.25 bits per heavy atom. The molecule has 0 saturated carbocycles. The quantitative estimate of drug-likeness (QED) is 0.889. The van der Waals surface area contributed by atoms with Gasteiger partial charge in [-0.15, -0.1) is 0 Å². The van der Waals surface area contributed by atoms with Crippen LogP contribution in [-0.4, -0.2) is 18.6 Å². The van der Waals surface area contributed by atoms with E-state index in [9.17, 15) is 0 Å². The number of benzene rings is 1.